The average Bonchev–Trinajstić information content (AvgIpc) is 2.33. The first kappa shape index (κ1) is 16.9. The van der Waals surface area contributed by atoms with Gasteiger partial charge in [0.2, 0.25) is 0 Å². The van der Waals surface area contributed by atoms with E-state index in [0.29, 0.717) is 12.8 Å². The van der Waals surface area contributed by atoms with E-state index < -0.39 is 12.3 Å². The summed E-state index contributed by atoms with van der Waals surface area (Å²) in [4.78, 5) is 29.1. The van der Waals surface area contributed by atoms with Crippen LogP contribution in [0.15, 0.2) is 0 Å². The Bertz CT molecular complexity index is 161. The third-order valence-electron chi connectivity index (χ3n) is 1.03. The van der Waals surface area contributed by atoms with Crippen LogP contribution < -0.4 is 0 Å². The first-order valence-electron chi connectivity index (χ1n) is 4.83. The van der Waals surface area contributed by atoms with Gasteiger partial charge in [-0.2, -0.15) is 19.4 Å². The van der Waals surface area contributed by atoms with E-state index in [1.807, 2.05) is 13.8 Å². The zero-order valence-corrected chi connectivity index (χ0v) is 9.73. The van der Waals surface area contributed by atoms with Crippen LogP contribution >= 0.6 is 0 Å². The van der Waals surface area contributed by atoms with Crippen LogP contribution in [-0.4, -0.2) is 37.7 Å². The molecule has 0 heterocycles. The molecule has 0 atom stereocenters. The molecule has 7 nitrogen and oxygen atoms in total. The van der Waals surface area contributed by atoms with Gasteiger partial charge in [0, 0.05) is 7.11 Å². The second-order valence-corrected chi connectivity index (χ2v) is 2.36. The lowest BCUT2D eigenvalue weighted by molar-refractivity contribution is -0.217. The third kappa shape index (κ3) is 12.5. The van der Waals surface area contributed by atoms with Crippen LogP contribution in [0.5, 0.6) is 0 Å². The summed E-state index contributed by atoms with van der Waals surface area (Å²) in [6, 6.07) is 0. The Kier molecular flexibility index (Phi) is 14.3. The summed E-state index contributed by atoms with van der Waals surface area (Å²) in [5, 5.41) is 7.00. The molecule has 0 bridgehead atoms. The molecule has 1 N–H and O–H groups in total. The maximum Gasteiger partial charge on any atom is 0.549 e. The van der Waals surface area contributed by atoms with Gasteiger partial charge in [-0.3, -0.25) is 0 Å². The summed E-state index contributed by atoms with van der Waals surface area (Å²) in [5.74, 6) is 0. The topological polar surface area (TPSA) is 91.3 Å². The lowest BCUT2D eigenvalue weighted by Gasteiger charge is -2.03. The minimum atomic E-state index is -1.06. The maximum atomic E-state index is 10.6. The van der Waals surface area contributed by atoms with Crippen LogP contribution in [0, 0.1) is 0 Å². The van der Waals surface area contributed by atoms with Crippen LogP contribution in [0.3, 0.4) is 0 Å². The quantitative estimate of drug-likeness (QED) is 0.452. The number of aliphatic hydroxyl groups is 1. The molecule has 0 aliphatic rings. The van der Waals surface area contributed by atoms with E-state index in [-0.39, 0.29) is 13.2 Å². The molecule has 0 saturated heterocycles. The third-order valence-corrected chi connectivity index (χ3v) is 1.03. The molecule has 0 fully saturated rings. The molecule has 0 aromatic carbocycles. The number of hydrogen-bond donors (Lipinski definition) is 1. The molecule has 0 radical (unpaired) electrons. The van der Waals surface area contributed by atoms with Crippen molar-refractivity contribution in [1.82, 2.24) is 0 Å². The number of carbonyl (C=O) groups excluding carboxylic acids is 2. The normalized spacial score (nSPS) is 8.25. The van der Waals surface area contributed by atoms with Gasteiger partial charge in [0.15, 0.2) is 0 Å². The lowest BCUT2D eigenvalue weighted by atomic mass is 10.5. The highest BCUT2D eigenvalue weighted by Crippen LogP contribution is 1.92. The Balaban J connectivity index is 0. The molecule has 0 unspecified atom stereocenters. The highest BCUT2D eigenvalue weighted by molar-refractivity contribution is 5.63. The minimum Gasteiger partial charge on any atom is -0.432 e. The molecule has 0 rings (SSSR count). The molecule has 96 valence electrons. The molecule has 0 spiro atoms. The maximum absolute atomic E-state index is 10.6. The van der Waals surface area contributed by atoms with Crippen molar-refractivity contribution in [1.29, 1.82) is 0 Å². The first-order chi connectivity index (χ1) is 7.70. The van der Waals surface area contributed by atoms with Gasteiger partial charge in [-0.25, -0.2) is 0 Å². The fourth-order valence-corrected chi connectivity index (χ4v) is 0.487. The van der Waals surface area contributed by atoms with Gasteiger partial charge in [0.25, 0.3) is 0 Å². The molecule has 0 aliphatic carbocycles. The standard InChI is InChI=1S/C8H14O6.CH4O/c1-3-5-11-7(9)13-14-8(10)12-6-4-2;1-2/h3-6H2,1-2H3;2H,1H3. The summed E-state index contributed by atoms with van der Waals surface area (Å²) in [6.07, 6.45) is -0.786. The largest absolute Gasteiger partial charge is 0.549 e. The first-order valence-corrected chi connectivity index (χ1v) is 4.83. The molecule has 0 aromatic heterocycles. The summed E-state index contributed by atoms with van der Waals surface area (Å²) in [5.41, 5.74) is 0. The predicted octanol–water partition coefficient (Wildman–Crippen LogP) is 1.64. The van der Waals surface area contributed by atoms with E-state index in [1.165, 1.54) is 0 Å². The van der Waals surface area contributed by atoms with Gasteiger partial charge in [-0.15, -0.1) is 0 Å². The SMILES string of the molecule is CCCOC(=O)OOC(=O)OCCC.CO. The van der Waals surface area contributed by atoms with E-state index in [9.17, 15) is 9.59 Å². The van der Waals surface area contributed by atoms with Crippen LogP contribution in [0.1, 0.15) is 26.7 Å². The highest BCUT2D eigenvalue weighted by Gasteiger charge is 2.10. The van der Waals surface area contributed by atoms with Crippen molar-refractivity contribution in [2.45, 2.75) is 26.7 Å². The molecule has 0 amide bonds. The van der Waals surface area contributed by atoms with Crippen molar-refractivity contribution in [2.75, 3.05) is 20.3 Å². The summed E-state index contributed by atoms with van der Waals surface area (Å²) >= 11 is 0. The fraction of sp³-hybridized carbons (Fsp3) is 0.778. The fourth-order valence-electron chi connectivity index (χ4n) is 0.487. The second kappa shape index (κ2) is 13.5. The van der Waals surface area contributed by atoms with Crippen molar-refractivity contribution >= 4 is 12.3 Å². The van der Waals surface area contributed by atoms with Crippen molar-refractivity contribution < 1.29 is 33.9 Å². The predicted molar refractivity (Wildman–Crippen MR) is 53.6 cm³/mol. The zero-order chi connectivity index (χ0) is 12.8. The van der Waals surface area contributed by atoms with Gasteiger partial charge in [0.05, 0.1) is 13.2 Å². The number of aliphatic hydroxyl groups excluding tert-OH is 1. The Hall–Kier alpha value is -1.50. The molecular formula is C9H18O7. The molecule has 0 aromatic rings. The van der Waals surface area contributed by atoms with Gasteiger partial charge in [-0.1, -0.05) is 13.8 Å². The Morgan fingerprint density at radius 2 is 1.19 bits per heavy atom. The summed E-state index contributed by atoms with van der Waals surface area (Å²) < 4.78 is 8.90. The molecule has 16 heavy (non-hydrogen) atoms. The van der Waals surface area contributed by atoms with Crippen molar-refractivity contribution in [3.05, 3.63) is 0 Å². The average molecular weight is 238 g/mol. The van der Waals surface area contributed by atoms with Gasteiger partial charge >= 0.3 is 12.3 Å². The van der Waals surface area contributed by atoms with Crippen LogP contribution in [0.2, 0.25) is 0 Å². The van der Waals surface area contributed by atoms with E-state index in [0.717, 1.165) is 7.11 Å². The molecule has 7 heteroatoms. The van der Waals surface area contributed by atoms with Crippen molar-refractivity contribution in [3.8, 4) is 0 Å². The highest BCUT2D eigenvalue weighted by atomic mass is 17.3. The van der Waals surface area contributed by atoms with Gasteiger partial charge in [-0.05, 0) is 12.8 Å². The van der Waals surface area contributed by atoms with Crippen LogP contribution in [0.25, 0.3) is 0 Å². The Morgan fingerprint density at radius 1 is 0.875 bits per heavy atom. The summed E-state index contributed by atoms with van der Waals surface area (Å²) in [7, 11) is 1.00. The minimum absolute atomic E-state index is 0.214. The monoisotopic (exact) mass is 238 g/mol. The number of hydrogen-bond acceptors (Lipinski definition) is 7. The van der Waals surface area contributed by atoms with E-state index in [1.54, 1.807) is 0 Å². The zero-order valence-electron chi connectivity index (χ0n) is 9.73. The summed E-state index contributed by atoms with van der Waals surface area (Å²) in [6.45, 7) is 4.08. The lowest BCUT2D eigenvalue weighted by Crippen LogP contribution is -2.14. The van der Waals surface area contributed by atoms with Gasteiger partial charge < -0.3 is 14.6 Å². The van der Waals surface area contributed by atoms with Crippen LogP contribution in [-0.2, 0) is 19.2 Å². The Morgan fingerprint density at radius 3 is 1.44 bits per heavy atom. The smallest absolute Gasteiger partial charge is 0.432 e. The van der Waals surface area contributed by atoms with Gasteiger partial charge in [0.1, 0.15) is 0 Å². The number of ether oxygens (including phenoxy) is 2. The van der Waals surface area contributed by atoms with E-state index in [4.69, 9.17) is 5.11 Å². The Labute approximate surface area is 94.2 Å². The van der Waals surface area contributed by atoms with Crippen molar-refractivity contribution in [2.24, 2.45) is 0 Å². The number of rotatable bonds is 4. The van der Waals surface area contributed by atoms with E-state index in [2.05, 4.69) is 19.2 Å². The number of carbonyl (C=O) groups is 2. The van der Waals surface area contributed by atoms with Crippen molar-refractivity contribution in [3.63, 3.8) is 0 Å². The van der Waals surface area contributed by atoms with Crippen LogP contribution in [0.4, 0.5) is 9.59 Å². The second-order valence-electron chi connectivity index (χ2n) is 2.36. The molecule has 0 aliphatic heterocycles. The molecular weight excluding hydrogens is 220 g/mol. The molecule has 0 saturated carbocycles. The van der Waals surface area contributed by atoms with E-state index >= 15 is 0 Å².